The Labute approximate surface area is 198 Å². The van der Waals surface area contributed by atoms with E-state index >= 15 is 0 Å². The highest BCUT2D eigenvalue weighted by Gasteiger charge is 2.18. The number of piperidine rings is 1. The lowest BCUT2D eigenvalue weighted by Crippen LogP contribution is -2.34. The summed E-state index contributed by atoms with van der Waals surface area (Å²) in [4.78, 5) is 16.5. The van der Waals surface area contributed by atoms with Gasteiger partial charge in [-0.3, -0.25) is 4.98 Å². The summed E-state index contributed by atoms with van der Waals surface area (Å²) in [5.74, 6) is 2.06. The fourth-order valence-corrected chi connectivity index (χ4v) is 3.67. The van der Waals surface area contributed by atoms with E-state index in [0.29, 0.717) is 28.8 Å². The minimum absolute atomic E-state index is 0.114. The highest BCUT2D eigenvalue weighted by atomic mass is 35.5. The molecule has 3 aromatic rings. The van der Waals surface area contributed by atoms with Gasteiger partial charge in [0.15, 0.2) is 0 Å². The van der Waals surface area contributed by atoms with Crippen LogP contribution in [0.3, 0.4) is 0 Å². The van der Waals surface area contributed by atoms with Crippen molar-refractivity contribution in [2.24, 2.45) is 0 Å². The summed E-state index contributed by atoms with van der Waals surface area (Å²) in [6.07, 6.45) is 5.32. The predicted octanol–water partition coefficient (Wildman–Crippen LogP) is 5.29. The maximum Gasteiger partial charge on any atom is 0.319 e. The Morgan fingerprint density at radius 3 is 2.52 bits per heavy atom. The molecule has 7 nitrogen and oxygen atoms in total. The van der Waals surface area contributed by atoms with Crippen molar-refractivity contribution in [2.45, 2.75) is 32.4 Å². The molecule has 3 N–H and O–H groups in total. The molecule has 0 unspecified atom stereocenters. The van der Waals surface area contributed by atoms with E-state index in [-0.39, 0.29) is 12.1 Å². The van der Waals surface area contributed by atoms with Crippen LogP contribution in [0.2, 0.25) is 5.02 Å². The summed E-state index contributed by atoms with van der Waals surface area (Å²) in [6.45, 7) is 4.13. The van der Waals surface area contributed by atoms with E-state index in [9.17, 15) is 4.79 Å². The Morgan fingerprint density at radius 2 is 1.79 bits per heavy atom. The van der Waals surface area contributed by atoms with Crippen LogP contribution in [0.4, 0.5) is 10.5 Å². The first kappa shape index (κ1) is 22.9. The van der Waals surface area contributed by atoms with Gasteiger partial charge in [0.1, 0.15) is 23.4 Å². The quantitative estimate of drug-likeness (QED) is 0.440. The summed E-state index contributed by atoms with van der Waals surface area (Å²) in [5.41, 5.74) is 2.41. The van der Waals surface area contributed by atoms with Gasteiger partial charge in [-0.1, -0.05) is 23.7 Å². The van der Waals surface area contributed by atoms with Crippen LogP contribution in [0.5, 0.6) is 17.2 Å². The Bertz CT molecular complexity index is 1070. The standard InChI is InChI=1S/C25H27ClN4O3/c1-17-14-24(33-21-8-12-28-13-9-21)23(15-22(17)26)30-25(31)29-16-18-2-4-19(5-3-18)32-20-6-10-27-11-7-20/h2-7,10-11,14-15,21,28H,8-9,12-13,16H2,1H3,(H2,29,30,31). The highest BCUT2D eigenvalue weighted by Crippen LogP contribution is 2.33. The van der Waals surface area contributed by atoms with E-state index in [1.807, 2.05) is 37.3 Å². The number of anilines is 1. The first-order valence-corrected chi connectivity index (χ1v) is 11.3. The minimum Gasteiger partial charge on any atom is -0.488 e. The number of carbonyl (C=O) groups excluding carboxylic acids is 1. The summed E-state index contributed by atoms with van der Waals surface area (Å²) >= 11 is 6.31. The smallest absolute Gasteiger partial charge is 0.319 e. The van der Waals surface area contributed by atoms with Crippen LogP contribution in [-0.2, 0) is 6.54 Å². The molecule has 0 bridgehead atoms. The Hall–Kier alpha value is -3.29. The van der Waals surface area contributed by atoms with Gasteiger partial charge in [0.05, 0.1) is 5.69 Å². The molecule has 0 spiro atoms. The van der Waals surface area contributed by atoms with E-state index in [1.54, 1.807) is 30.6 Å². The van der Waals surface area contributed by atoms with E-state index < -0.39 is 0 Å². The first-order chi connectivity index (χ1) is 16.1. The molecule has 172 valence electrons. The van der Waals surface area contributed by atoms with Gasteiger partial charge in [-0.15, -0.1) is 0 Å². The number of aromatic nitrogens is 1. The largest absolute Gasteiger partial charge is 0.488 e. The zero-order valence-electron chi connectivity index (χ0n) is 18.4. The number of hydrogen-bond donors (Lipinski definition) is 3. The van der Waals surface area contributed by atoms with Gasteiger partial charge in [0.2, 0.25) is 0 Å². The third kappa shape index (κ3) is 6.60. The Morgan fingerprint density at radius 1 is 1.09 bits per heavy atom. The molecule has 0 saturated carbocycles. The summed E-state index contributed by atoms with van der Waals surface area (Å²) < 4.78 is 12.0. The number of rotatable bonds is 7. The Kier molecular flexibility index (Phi) is 7.65. The third-order valence-corrected chi connectivity index (χ3v) is 5.76. The van der Waals surface area contributed by atoms with Crippen LogP contribution < -0.4 is 25.4 Å². The topological polar surface area (TPSA) is 84.5 Å². The lowest BCUT2D eigenvalue weighted by atomic mass is 10.1. The van der Waals surface area contributed by atoms with Gasteiger partial charge in [0.25, 0.3) is 0 Å². The fourth-order valence-electron chi connectivity index (χ4n) is 3.51. The van der Waals surface area contributed by atoms with E-state index in [0.717, 1.165) is 42.8 Å². The fraction of sp³-hybridized carbons (Fsp3) is 0.280. The second-order valence-corrected chi connectivity index (χ2v) is 8.31. The van der Waals surface area contributed by atoms with Crippen molar-refractivity contribution in [2.75, 3.05) is 18.4 Å². The zero-order valence-corrected chi connectivity index (χ0v) is 19.2. The van der Waals surface area contributed by atoms with Crippen molar-refractivity contribution in [3.05, 3.63) is 77.1 Å². The van der Waals surface area contributed by atoms with Gasteiger partial charge in [-0.05, 0) is 80.4 Å². The normalized spacial score (nSPS) is 13.9. The highest BCUT2D eigenvalue weighted by molar-refractivity contribution is 6.31. The van der Waals surface area contributed by atoms with Gasteiger partial charge in [-0.25, -0.2) is 4.79 Å². The number of pyridine rings is 1. The summed E-state index contributed by atoms with van der Waals surface area (Å²) in [5, 5.41) is 9.65. The maximum absolute atomic E-state index is 12.6. The molecule has 2 heterocycles. The summed E-state index contributed by atoms with van der Waals surface area (Å²) in [7, 11) is 0. The van der Waals surface area contributed by atoms with E-state index in [2.05, 4.69) is 20.9 Å². The second kappa shape index (κ2) is 11.0. The second-order valence-electron chi connectivity index (χ2n) is 7.90. The average molecular weight is 467 g/mol. The number of halogens is 1. The van der Waals surface area contributed by atoms with Gasteiger partial charge in [-0.2, -0.15) is 0 Å². The molecule has 1 saturated heterocycles. The molecule has 1 fully saturated rings. The third-order valence-electron chi connectivity index (χ3n) is 5.35. The molecule has 2 amide bonds. The number of urea groups is 1. The van der Waals surface area contributed by atoms with Crippen molar-refractivity contribution in [3.8, 4) is 17.2 Å². The SMILES string of the molecule is Cc1cc(OC2CCNCC2)c(NC(=O)NCc2ccc(Oc3ccncc3)cc2)cc1Cl. The van der Waals surface area contributed by atoms with Crippen LogP contribution in [0.25, 0.3) is 0 Å². The van der Waals surface area contributed by atoms with Crippen LogP contribution >= 0.6 is 11.6 Å². The summed E-state index contributed by atoms with van der Waals surface area (Å²) in [6, 6.07) is 14.4. The molecule has 0 radical (unpaired) electrons. The monoisotopic (exact) mass is 466 g/mol. The number of carbonyl (C=O) groups is 1. The Balaban J connectivity index is 1.34. The molecular weight excluding hydrogens is 440 g/mol. The number of nitrogens with one attached hydrogen (secondary N) is 3. The first-order valence-electron chi connectivity index (χ1n) is 11.0. The van der Waals surface area contributed by atoms with Crippen LogP contribution in [-0.4, -0.2) is 30.2 Å². The van der Waals surface area contributed by atoms with Crippen molar-refractivity contribution in [3.63, 3.8) is 0 Å². The zero-order chi connectivity index (χ0) is 23.0. The van der Waals surface area contributed by atoms with Crippen LogP contribution in [0.1, 0.15) is 24.0 Å². The molecule has 4 rings (SSSR count). The molecule has 1 aromatic heterocycles. The number of nitrogens with zero attached hydrogens (tertiary/aromatic N) is 1. The van der Waals surface area contributed by atoms with Crippen LogP contribution in [0, 0.1) is 6.92 Å². The minimum atomic E-state index is -0.331. The average Bonchev–Trinajstić information content (AvgIpc) is 2.83. The number of hydrogen-bond acceptors (Lipinski definition) is 5. The van der Waals surface area contributed by atoms with E-state index in [4.69, 9.17) is 21.1 Å². The molecule has 0 atom stereocenters. The lowest BCUT2D eigenvalue weighted by Gasteiger charge is -2.25. The van der Waals surface area contributed by atoms with Crippen molar-refractivity contribution >= 4 is 23.3 Å². The lowest BCUT2D eigenvalue weighted by molar-refractivity contribution is 0.163. The number of benzene rings is 2. The van der Waals surface area contributed by atoms with E-state index in [1.165, 1.54) is 0 Å². The van der Waals surface area contributed by atoms with Crippen molar-refractivity contribution < 1.29 is 14.3 Å². The molecular formula is C25H27ClN4O3. The van der Waals surface area contributed by atoms with Crippen molar-refractivity contribution in [1.29, 1.82) is 0 Å². The van der Waals surface area contributed by atoms with Gasteiger partial charge >= 0.3 is 6.03 Å². The number of aryl methyl sites for hydroxylation is 1. The van der Waals surface area contributed by atoms with Gasteiger partial charge in [0, 0.05) is 24.0 Å². The molecule has 2 aromatic carbocycles. The molecule has 1 aliphatic heterocycles. The van der Waals surface area contributed by atoms with Crippen molar-refractivity contribution in [1.82, 2.24) is 15.6 Å². The number of amides is 2. The molecule has 33 heavy (non-hydrogen) atoms. The molecule has 8 heteroatoms. The maximum atomic E-state index is 12.6. The molecule has 1 aliphatic rings. The predicted molar refractivity (Wildman–Crippen MR) is 129 cm³/mol. The molecule has 0 aliphatic carbocycles. The number of ether oxygens (including phenoxy) is 2. The van der Waals surface area contributed by atoms with Gasteiger partial charge < -0.3 is 25.4 Å². The van der Waals surface area contributed by atoms with Crippen LogP contribution in [0.15, 0.2) is 60.9 Å².